The fraction of sp³-hybridized carbons (Fsp3) is 0.200. The van der Waals surface area contributed by atoms with E-state index < -0.39 is 5.97 Å². The van der Waals surface area contributed by atoms with Crippen molar-refractivity contribution in [1.29, 1.82) is 0 Å². The molecule has 0 saturated carbocycles. The van der Waals surface area contributed by atoms with Crippen molar-refractivity contribution in [2.45, 2.75) is 6.92 Å². The van der Waals surface area contributed by atoms with E-state index >= 15 is 0 Å². The van der Waals surface area contributed by atoms with Crippen LogP contribution in [0.1, 0.15) is 6.92 Å². The van der Waals surface area contributed by atoms with Crippen LogP contribution in [0.2, 0.25) is 5.02 Å². The molecule has 5 heteroatoms. The Morgan fingerprint density at radius 1 is 1.67 bits per heavy atom. The number of hydrazone groups is 1. The van der Waals surface area contributed by atoms with Crippen molar-refractivity contribution >= 4 is 29.5 Å². The molecule has 1 N–H and O–H groups in total. The maximum atomic E-state index is 10.9. The number of benzene rings is 1. The highest BCUT2D eigenvalue weighted by atomic mass is 35.5. The molecule has 1 aromatic carbocycles. The Morgan fingerprint density at radius 2 is 2.47 bits per heavy atom. The van der Waals surface area contributed by atoms with Crippen LogP contribution in [0.5, 0.6) is 0 Å². The minimum absolute atomic E-state index is 0.335. The highest BCUT2D eigenvalue weighted by Gasteiger charge is 1.94. The number of nitrogens with one attached hydrogen (secondary N) is 1. The molecule has 0 unspecified atom stereocenters. The van der Waals surface area contributed by atoms with E-state index in [2.05, 4.69) is 15.3 Å². The lowest BCUT2D eigenvalue weighted by Gasteiger charge is -1.99. The van der Waals surface area contributed by atoms with Crippen LogP contribution in [0, 0.1) is 0 Å². The summed E-state index contributed by atoms with van der Waals surface area (Å²) in [7, 11) is 0. The van der Waals surface area contributed by atoms with Crippen LogP contribution in [-0.4, -0.2) is 18.8 Å². The van der Waals surface area contributed by atoms with Crippen LogP contribution in [0.3, 0.4) is 0 Å². The van der Waals surface area contributed by atoms with Gasteiger partial charge in [-0.25, -0.2) is 4.79 Å². The predicted octanol–water partition coefficient (Wildman–Crippen LogP) is 2.30. The number of ether oxygens (including phenoxy) is 1. The summed E-state index contributed by atoms with van der Waals surface area (Å²) in [5, 5.41) is 4.30. The van der Waals surface area contributed by atoms with Crippen molar-refractivity contribution in [2.24, 2.45) is 5.10 Å². The number of hydrogen-bond donors (Lipinski definition) is 1. The van der Waals surface area contributed by atoms with Crippen molar-refractivity contribution in [1.82, 2.24) is 0 Å². The van der Waals surface area contributed by atoms with Crippen molar-refractivity contribution in [2.75, 3.05) is 12.0 Å². The molecule has 15 heavy (non-hydrogen) atoms. The zero-order valence-corrected chi connectivity index (χ0v) is 8.99. The van der Waals surface area contributed by atoms with Gasteiger partial charge in [0, 0.05) is 5.02 Å². The molecule has 0 aliphatic heterocycles. The van der Waals surface area contributed by atoms with Gasteiger partial charge in [-0.15, -0.1) is 0 Å². The van der Waals surface area contributed by atoms with Crippen molar-refractivity contribution in [3.63, 3.8) is 0 Å². The molecule has 0 bridgehead atoms. The molecular weight excluding hydrogens is 216 g/mol. The number of nitrogens with zero attached hydrogens (tertiary/aromatic N) is 1. The third-order valence-electron chi connectivity index (χ3n) is 1.47. The molecule has 0 aromatic heterocycles. The molecule has 0 aliphatic carbocycles. The standard InChI is InChI=1S/C10H11ClN2O2/c1-2-15-10(14)7-12-13-9-5-3-4-8(11)6-9/h3-7,13H,2H2,1H3. The Kier molecular flexibility index (Phi) is 4.63. The van der Waals surface area contributed by atoms with Crippen LogP contribution in [0.15, 0.2) is 29.4 Å². The summed E-state index contributed by atoms with van der Waals surface area (Å²) in [5.74, 6) is -0.480. The van der Waals surface area contributed by atoms with Gasteiger partial charge in [0.25, 0.3) is 0 Å². The summed E-state index contributed by atoms with van der Waals surface area (Å²) in [5.41, 5.74) is 3.37. The lowest BCUT2D eigenvalue weighted by Crippen LogP contribution is -2.06. The molecular formula is C10H11ClN2O2. The average Bonchev–Trinajstić information content (AvgIpc) is 2.18. The first-order valence-electron chi connectivity index (χ1n) is 4.43. The van der Waals surface area contributed by atoms with E-state index in [-0.39, 0.29) is 0 Å². The highest BCUT2D eigenvalue weighted by Crippen LogP contribution is 2.14. The van der Waals surface area contributed by atoms with Gasteiger partial charge in [0.15, 0.2) is 0 Å². The van der Waals surface area contributed by atoms with E-state index in [0.29, 0.717) is 17.3 Å². The first-order chi connectivity index (χ1) is 7.22. The van der Waals surface area contributed by atoms with Gasteiger partial charge >= 0.3 is 5.97 Å². The SMILES string of the molecule is CCOC(=O)C=NNc1cccc(Cl)c1. The van der Waals surface area contributed by atoms with Gasteiger partial charge in [0.1, 0.15) is 6.21 Å². The number of carbonyl (C=O) groups excluding carboxylic acids is 1. The van der Waals surface area contributed by atoms with E-state index in [4.69, 9.17) is 11.6 Å². The van der Waals surface area contributed by atoms with Crippen LogP contribution in [0.25, 0.3) is 0 Å². The second kappa shape index (κ2) is 6.03. The van der Waals surface area contributed by atoms with Crippen molar-refractivity contribution < 1.29 is 9.53 Å². The van der Waals surface area contributed by atoms with E-state index in [0.717, 1.165) is 6.21 Å². The highest BCUT2D eigenvalue weighted by molar-refractivity contribution is 6.30. The lowest BCUT2D eigenvalue weighted by molar-refractivity contribution is -0.134. The zero-order chi connectivity index (χ0) is 11.1. The third-order valence-corrected chi connectivity index (χ3v) is 1.71. The second-order valence-corrected chi connectivity index (χ2v) is 3.07. The Balaban J connectivity index is 2.46. The summed E-state index contributed by atoms with van der Waals surface area (Å²) in [6.45, 7) is 2.07. The maximum Gasteiger partial charge on any atom is 0.351 e. The number of halogens is 1. The normalized spacial score (nSPS) is 10.3. The van der Waals surface area contributed by atoms with Crippen LogP contribution >= 0.6 is 11.6 Å². The Hall–Kier alpha value is -1.55. The van der Waals surface area contributed by atoms with Crippen LogP contribution < -0.4 is 5.43 Å². The first kappa shape index (κ1) is 11.5. The average molecular weight is 227 g/mol. The fourth-order valence-electron chi connectivity index (χ4n) is 0.897. The second-order valence-electron chi connectivity index (χ2n) is 2.63. The molecule has 0 radical (unpaired) electrons. The summed E-state index contributed by atoms with van der Waals surface area (Å²) in [6.07, 6.45) is 1.07. The summed E-state index contributed by atoms with van der Waals surface area (Å²) >= 11 is 5.75. The van der Waals surface area contributed by atoms with E-state index in [9.17, 15) is 4.79 Å². The van der Waals surface area contributed by atoms with Crippen molar-refractivity contribution in [3.05, 3.63) is 29.3 Å². The van der Waals surface area contributed by atoms with Gasteiger partial charge in [-0.1, -0.05) is 17.7 Å². The molecule has 80 valence electrons. The predicted molar refractivity (Wildman–Crippen MR) is 60.2 cm³/mol. The van der Waals surface area contributed by atoms with Gasteiger partial charge in [-0.05, 0) is 25.1 Å². The number of carbonyl (C=O) groups is 1. The lowest BCUT2D eigenvalue weighted by atomic mass is 10.3. The molecule has 1 rings (SSSR count). The molecule has 0 fully saturated rings. The van der Waals surface area contributed by atoms with Gasteiger partial charge < -0.3 is 4.74 Å². The molecule has 0 atom stereocenters. The van der Waals surface area contributed by atoms with Crippen molar-refractivity contribution in [3.8, 4) is 0 Å². The quantitative estimate of drug-likeness (QED) is 0.487. The fourth-order valence-corrected chi connectivity index (χ4v) is 1.09. The van der Waals surface area contributed by atoms with E-state index in [1.807, 2.05) is 0 Å². The largest absolute Gasteiger partial charge is 0.462 e. The topological polar surface area (TPSA) is 50.7 Å². The van der Waals surface area contributed by atoms with Crippen LogP contribution in [0.4, 0.5) is 5.69 Å². The minimum atomic E-state index is -0.480. The third kappa shape index (κ3) is 4.46. The number of esters is 1. The summed E-state index contributed by atoms with van der Waals surface area (Å²) in [6, 6.07) is 7.02. The van der Waals surface area contributed by atoms with Crippen LogP contribution in [-0.2, 0) is 9.53 Å². The molecule has 0 spiro atoms. The van der Waals surface area contributed by atoms with E-state index in [1.54, 1.807) is 31.2 Å². The minimum Gasteiger partial charge on any atom is -0.462 e. The maximum absolute atomic E-state index is 10.9. The van der Waals surface area contributed by atoms with Gasteiger partial charge in [-0.3, -0.25) is 5.43 Å². The molecule has 0 saturated heterocycles. The Morgan fingerprint density at radius 3 is 3.13 bits per heavy atom. The molecule has 0 heterocycles. The summed E-state index contributed by atoms with van der Waals surface area (Å²) in [4.78, 5) is 10.9. The summed E-state index contributed by atoms with van der Waals surface area (Å²) < 4.78 is 4.65. The molecule has 0 amide bonds. The number of anilines is 1. The molecule has 1 aromatic rings. The Labute approximate surface area is 92.9 Å². The monoisotopic (exact) mass is 226 g/mol. The number of rotatable bonds is 4. The van der Waals surface area contributed by atoms with Gasteiger partial charge in [-0.2, -0.15) is 5.10 Å². The smallest absolute Gasteiger partial charge is 0.351 e. The van der Waals surface area contributed by atoms with Gasteiger partial charge in [0.2, 0.25) is 0 Å². The van der Waals surface area contributed by atoms with E-state index in [1.165, 1.54) is 0 Å². The first-order valence-corrected chi connectivity index (χ1v) is 4.81. The molecule has 0 aliphatic rings. The number of hydrogen-bond acceptors (Lipinski definition) is 4. The Bertz CT molecular complexity index is 366. The zero-order valence-electron chi connectivity index (χ0n) is 8.24. The molecule has 4 nitrogen and oxygen atoms in total. The van der Waals surface area contributed by atoms with Gasteiger partial charge in [0.05, 0.1) is 12.3 Å².